The normalized spacial score (nSPS) is 12.0. The lowest BCUT2D eigenvalue weighted by molar-refractivity contribution is 0.102. The molecule has 0 atom stereocenters. The Morgan fingerprint density at radius 3 is 2.47 bits per heavy atom. The molecule has 0 saturated carbocycles. The molecule has 0 aliphatic heterocycles. The van der Waals surface area contributed by atoms with Gasteiger partial charge in [0.25, 0.3) is 5.91 Å². The van der Waals surface area contributed by atoms with Gasteiger partial charge in [-0.05, 0) is 64.1 Å². The Hall–Kier alpha value is -2.75. The third kappa shape index (κ3) is 5.05. The monoisotopic (exact) mass is 447 g/mol. The predicted molar refractivity (Wildman–Crippen MR) is 116 cm³/mol. The van der Waals surface area contributed by atoms with Crippen molar-refractivity contribution in [1.82, 2.24) is 19.7 Å². The van der Waals surface area contributed by atoms with Crippen molar-refractivity contribution in [2.24, 2.45) is 0 Å². The predicted octanol–water partition coefficient (Wildman–Crippen LogP) is 3.56. The van der Waals surface area contributed by atoms with Gasteiger partial charge in [-0.2, -0.15) is 0 Å². The van der Waals surface area contributed by atoms with Gasteiger partial charge in [0.1, 0.15) is 0 Å². The van der Waals surface area contributed by atoms with Crippen LogP contribution in [-0.4, -0.2) is 34.9 Å². The fourth-order valence-corrected chi connectivity index (χ4v) is 4.43. The zero-order valence-electron chi connectivity index (χ0n) is 17.0. The number of amides is 1. The minimum Gasteiger partial charge on any atom is -0.320 e. The van der Waals surface area contributed by atoms with Gasteiger partial charge in [-0.3, -0.25) is 4.79 Å². The van der Waals surface area contributed by atoms with E-state index in [0.717, 1.165) is 0 Å². The summed E-state index contributed by atoms with van der Waals surface area (Å²) in [5.41, 5.74) is 1.01. The van der Waals surface area contributed by atoms with Gasteiger partial charge in [-0.25, -0.2) is 17.8 Å². The lowest BCUT2D eigenvalue weighted by atomic mass is 10.1. The maximum atomic E-state index is 12.7. The first-order chi connectivity index (χ1) is 14.0. The van der Waals surface area contributed by atoms with E-state index in [1.54, 1.807) is 64.1 Å². The van der Waals surface area contributed by atoms with E-state index in [2.05, 4.69) is 20.4 Å². The molecule has 158 valence electrons. The van der Waals surface area contributed by atoms with E-state index in [0.29, 0.717) is 22.1 Å². The van der Waals surface area contributed by atoms with E-state index in [9.17, 15) is 13.2 Å². The first-order valence-corrected chi connectivity index (χ1v) is 11.0. The number of hydrogen-bond donors (Lipinski definition) is 2. The molecule has 1 amide bonds. The molecule has 3 rings (SSSR count). The Kier molecular flexibility index (Phi) is 5.98. The Bertz CT molecular complexity index is 1200. The highest BCUT2D eigenvalue weighted by Gasteiger charge is 2.23. The number of carbonyl (C=O) groups is 1. The molecule has 0 spiro atoms. The Morgan fingerprint density at radius 2 is 1.80 bits per heavy atom. The molecule has 0 saturated heterocycles. The highest BCUT2D eigenvalue weighted by Crippen LogP contribution is 2.20. The van der Waals surface area contributed by atoms with Gasteiger partial charge in [-0.1, -0.05) is 28.9 Å². The molecule has 0 radical (unpaired) electrons. The van der Waals surface area contributed by atoms with Crippen LogP contribution in [0.4, 0.5) is 5.69 Å². The molecular formula is C20H22ClN5O3S. The van der Waals surface area contributed by atoms with Crippen LogP contribution in [0, 0.1) is 6.92 Å². The highest BCUT2D eigenvalue weighted by atomic mass is 35.5. The molecule has 0 aliphatic carbocycles. The second kappa shape index (κ2) is 8.17. The first-order valence-electron chi connectivity index (χ1n) is 9.10. The molecule has 10 heteroatoms. The molecule has 2 aromatic carbocycles. The van der Waals surface area contributed by atoms with Crippen molar-refractivity contribution >= 4 is 33.2 Å². The van der Waals surface area contributed by atoms with Crippen molar-refractivity contribution in [3.05, 3.63) is 64.9 Å². The summed E-state index contributed by atoms with van der Waals surface area (Å²) in [6.07, 6.45) is 0. The summed E-state index contributed by atoms with van der Waals surface area (Å²) in [5, 5.41) is 11.2. The number of aromatic nitrogens is 3. The average Bonchev–Trinajstić information content (AvgIpc) is 3.01. The number of benzene rings is 2. The number of nitrogens with one attached hydrogen (secondary N) is 2. The maximum Gasteiger partial charge on any atom is 0.278 e. The number of anilines is 1. The largest absolute Gasteiger partial charge is 0.320 e. The molecular weight excluding hydrogens is 426 g/mol. The van der Waals surface area contributed by atoms with Crippen LogP contribution >= 0.6 is 11.6 Å². The van der Waals surface area contributed by atoms with Crippen molar-refractivity contribution in [3.63, 3.8) is 0 Å². The number of halogens is 1. The molecule has 0 unspecified atom stereocenters. The zero-order valence-corrected chi connectivity index (χ0v) is 18.5. The number of rotatable bonds is 5. The molecule has 1 aromatic heterocycles. The van der Waals surface area contributed by atoms with E-state index >= 15 is 0 Å². The summed E-state index contributed by atoms with van der Waals surface area (Å²) in [7, 11) is -3.73. The van der Waals surface area contributed by atoms with Crippen LogP contribution in [0.2, 0.25) is 5.02 Å². The molecule has 0 fully saturated rings. The van der Waals surface area contributed by atoms with Crippen molar-refractivity contribution < 1.29 is 13.2 Å². The molecule has 8 nitrogen and oxygen atoms in total. The van der Waals surface area contributed by atoms with Crippen LogP contribution in [0.5, 0.6) is 0 Å². The van der Waals surface area contributed by atoms with Crippen LogP contribution in [0.1, 0.15) is 37.0 Å². The highest BCUT2D eigenvalue weighted by molar-refractivity contribution is 7.89. The maximum absolute atomic E-state index is 12.7. The van der Waals surface area contributed by atoms with Crippen LogP contribution in [0.3, 0.4) is 0 Å². The number of hydrogen-bond acceptors (Lipinski definition) is 5. The Labute approximate surface area is 180 Å². The van der Waals surface area contributed by atoms with Gasteiger partial charge in [0.2, 0.25) is 10.0 Å². The third-order valence-corrected chi connectivity index (χ3v) is 6.00. The van der Waals surface area contributed by atoms with Crippen molar-refractivity contribution in [3.8, 4) is 5.69 Å². The first kappa shape index (κ1) is 21.9. The van der Waals surface area contributed by atoms with Gasteiger partial charge in [0.15, 0.2) is 5.69 Å². The summed E-state index contributed by atoms with van der Waals surface area (Å²) in [6.45, 7) is 6.97. The lowest BCUT2D eigenvalue weighted by Crippen LogP contribution is -2.40. The minimum atomic E-state index is -3.73. The van der Waals surface area contributed by atoms with Crippen molar-refractivity contribution in [2.45, 2.75) is 38.1 Å². The van der Waals surface area contributed by atoms with Crippen LogP contribution < -0.4 is 10.0 Å². The van der Waals surface area contributed by atoms with Gasteiger partial charge in [0.05, 0.1) is 16.3 Å². The minimum absolute atomic E-state index is 0.0505. The molecule has 0 bridgehead atoms. The fourth-order valence-electron chi connectivity index (χ4n) is 2.79. The summed E-state index contributed by atoms with van der Waals surface area (Å²) in [5.74, 6) is -0.501. The molecule has 2 N–H and O–H groups in total. The summed E-state index contributed by atoms with van der Waals surface area (Å²) in [4.78, 5) is 12.8. The van der Waals surface area contributed by atoms with Gasteiger partial charge in [-0.15, -0.1) is 5.10 Å². The van der Waals surface area contributed by atoms with E-state index in [-0.39, 0.29) is 10.6 Å². The summed E-state index contributed by atoms with van der Waals surface area (Å²) < 4.78 is 29.2. The lowest BCUT2D eigenvalue weighted by Gasteiger charge is -2.20. The van der Waals surface area contributed by atoms with Crippen molar-refractivity contribution in [2.75, 3.05) is 5.32 Å². The second-order valence-corrected chi connectivity index (χ2v) is 9.87. The van der Waals surface area contributed by atoms with E-state index in [4.69, 9.17) is 11.6 Å². The second-order valence-electron chi connectivity index (χ2n) is 7.75. The standard InChI is InChI=1S/C20H22ClN5O3S/c1-13-18(23-25-26(13)16-9-5-7-14(21)11-16)19(27)22-15-8-6-10-17(12-15)30(28,29)24-20(2,3)4/h5-12,24H,1-4H3,(H,22,27). The third-order valence-electron chi connectivity index (χ3n) is 4.01. The smallest absolute Gasteiger partial charge is 0.278 e. The molecule has 0 aliphatic rings. The zero-order chi connectivity index (χ0) is 22.1. The van der Waals surface area contributed by atoms with Gasteiger partial charge in [0, 0.05) is 16.2 Å². The fraction of sp³-hybridized carbons (Fsp3) is 0.250. The molecule has 30 heavy (non-hydrogen) atoms. The van der Waals surface area contributed by atoms with Crippen LogP contribution in [0.25, 0.3) is 5.69 Å². The number of carbonyl (C=O) groups excluding carboxylic acids is 1. The van der Waals surface area contributed by atoms with Gasteiger partial charge >= 0.3 is 0 Å². The molecule has 1 heterocycles. The SMILES string of the molecule is Cc1c(C(=O)Nc2cccc(S(=O)(=O)NC(C)(C)C)c2)nnn1-c1cccc(Cl)c1. The summed E-state index contributed by atoms with van der Waals surface area (Å²) in [6, 6.07) is 13.0. The number of sulfonamides is 1. The molecule has 3 aromatic rings. The van der Waals surface area contributed by atoms with Crippen LogP contribution in [-0.2, 0) is 10.0 Å². The Balaban J connectivity index is 1.84. The topological polar surface area (TPSA) is 106 Å². The summed E-state index contributed by atoms with van der Waals surface area (Å²) >= 11 is 6.02. The van der Waals surface area contributed by atoms with Crippen LogP contribution in [0.15, 0.2) is 53.4 Å². The van der Waals surface area contributed by atoms with E-state index in [1.165, 1.54) is 16.8 Å². The average molecular weight is 448 g/mol. The van der Waals surface area contributed by atoms with Crippen molar-refractivity contribution in [1.29, 1.82) is 0 Å². The van der Waals surface area contributed by atoms with Gasteiger partial charge < -0.3 is 5.32 Å². The van der Waals surface area contributed by atoms with E-state index in [1.807, 2.05) is 0 Å². The Morgan fingerprint density at radius 1 is 1.10 bits per heavy atom. The van der Waals surface area contributed by atoms with E-state index < -0.39 is 21.5 Å². The quantitative estimate of drug-likeness (QED) is 0.622. The number of nitrogens with zero attached hydrogens (tertiary/aromatic N) is 3.